The number of fused-ring (bicyclic) bond motifs is 1. The molecule has 2 atom stereocenters. The van der Waals surface area contributed by atoms with Gasteiger partial charge in [0.15, 0.2) is 0 Å². The van der Waals surface area contributed by atoms with Crippen LogP contribution in [0, 0.1) is 5.92 Å². The van der Waals surface area contributed by atoms with Crippen molar-refractivity contribution in [2.45, 2.75) is 43.5 Å². The van der Waals surface area contributed by atoms with E-state index in [4.69, 9.17) is 5.73 Å². The highest BCUT2D eigenvalue weighted by Crippen LogP contribution is 2.31. The Kier molecular flexibility index (Phi) is 6.31. The minimum absolute atomic E-state index is 0. The van der Waals surface area contributed by atoms with E-state index in [2.05, 4.69) is 5.32 Å². The van der Waals surface area contributed by atoms with Gasteiger partial charge in [-0.05, 0) is 50.4 Å². The van der Waals surface area contributed by atoms with Gasteiger partial charge in [0.05, 0.1) is 5.56 Å². The number of nitrogens with zero attached hydrogens (tertiary/aromatic N) is 1. The Hall–Kier alpha value is -1.64. The predicted octanol–water partition coefficient (Wildman–Crippen LogP) is 1.52. The summed E-state index contributed by atoms with van der Waals surface area (Å²) in [7, 11) is -3.87. The van der Waals surface area contributed by atoms with Gasteiger partial charge in [-0.25, -0.2) is 12.7 Å². The molecule has 3 N–H and O–H groups in total. The molecule has 2 aliphatic rings. The Morgan fingerprint density at radius 3 is 2.65 bits per heavy atom. The normalized spacial score (nSPS) is 23.9. The predicted molar refractivity (Wildman–Crippen MR) is 99.9 cm³/mol. The van der Waals surface area contributed by atoms with Gasteiger partial charge in [0.1, 0.15) is 4.90 Å². The fourth-order valence-corrected chi connectivity index (χ4v) is 5.26. The molecule has 144 valence electrons. The highest BCUT2D eigenvalue weighted by atomic mass is 35.5. The molecule has 0 spiro atoms. The van der Waals surface area contributed by atoms with Gasteiger partial charge in [0.2, 0.25) is 0 Å². The second-order valence-electron chi connectivity index (χ2n) is 6.55. The molecule has 1 aromatic rings. The number of hydrogen-bond acceptors (Lipinski definition) is 5. The van der Waals surface area contributed by atoms with E-state index in [0.717, 1.165) is 30.0 Å². The lowest BCUT2D eigenvalue weighted by molar-refractivity contribution is 0.0872. The Morgan fingerprint density at radius 2 is 2.00 bits per heavy atom. The lowest BCUT2D eigenvalue weighted by atomic mass is 9.84. The van der Waals surface area contributed by atoms with Crippen LogP contribution in [-0.4, -0.2) is 43.7 Å². The van der Waals surface area contributed by atoms with E-state index in [1.807, 2.05) is 0 Å². The van der Waals surface area contributed by atoms with Gasteiger partial charge in [0.25, 0.3) is 21.8 Å². The van der Waals surface area contributed by atoms with Crippen LogP contribution in [0.1, 0.15) is 53.3 Å². The monoisotopic (exact) mass is 401 g/mol. The van der Waals surface area contributed by atoms with E-state index in [-0.39, 0.29) is 52.8 Å². The summed E-state index contributed by atoms with van der Waals surface area (Å²) >= 11 is 0. The van der Waals surface area contributed by atoms with Crippen LogP contribution in [0.2, 0.25) is 0 Å². The first-order valence-electron chi connectivity index (χ1n) is 8.62. The number of benzene rings is 1. The van der Waals surface area contributed by atoms with Gasteiger partial charge in [-0.15, -0.1) is 12.4 Å². The molecule has 1 heterocycles. The second-order valence-corrected chi connectivity index (χ2v) is 8.38. The molecule has 1 aliphatic carbocycles. The summed E-state index contributed by atoms with van der Waals surface area (Å²) in [6.45, 7) is 2.19. The van der Waals surface area contributed by atoms with Crippen LogP contribution in [0.5, 0.6) is 0 Å². The summed E-state index contributed by atoms with van der Waals surface area (Å²) in [5.41, 5.74) is 6.16. The Balaban J connectivity index is 0.00000243. The molecule has 0 radical (unpaired) electrons. The lowest BCUT2D eigenvalue weighted by Crippen LogP contribution is -2.44. The maximum absolute atomic E-state index is 12.6. The maximum Gasteiger partial charge on any atom is 0.268 e. The molecule has 1 saturated carbocycles. The number of hydrogen-bond donors (Lipinski definition) is 2. The number of rotatable bonds is 4. The van der Waals surface area contributed by atoms with E-state index in [1.165, 1.54) is 18.2 Å². The number of nitrogens with two attached hydrogens (primary N) is 1. The SMILES string of the molecule is CCN1C(=O)c2ccc(C(=O)NC3CCCCC3CN)cc2S1(=O)=O.Cl. The summed E-state index contributed by atoms with van der Waals surface area (Å²) in [4.78, 5) is 24.6. The number of carbonyl (C=O) groups is 2. The minimum atomic E-state index is -3.87. The zero-order valence-corrected chi connectivity index (χ0v) is 16.2. The highest BCUT2D eigenvalue weighted by Gasteiger charge is 2.40. The van der Waals surface area contributed by atoms with Crippen molar-refractivity contribution in [1.29, 1.82) is 0 Å². The van der Waals surface area contributed by atoms with Crippen LogP contribution < -0.4 is 11.1 Å². The van der Waals surface area contributed by atoms with Crippen molar-refractivity contribution in [2.24, 2.45) is 11.7 Å². The van der Waals surface area contributed by atoms with Crippen molar-refractivity contribution in [3.63, 3.8) is 0 Å². The first kappa shape index (κ1) is 20.7. The van der Waals surface area contributed by atoms with Crippen LogP contribution in [0.3, 0.4) is 0 Å². The van der Waals surface area contributed by atoms with Gasteiger partial charge in [0, 0.05) is 18.2 Å². The number of nitrogens with one attached hydrogen (secondary N) is 1. The highest BCUT2D eigenvalue weighted by molar-refractivity contribution is 7.90. The molecule has 0 aromatic heterocycles. The van der Waals surface area contributed by atoms with Crippen LogP contribution in [-0.2, 0) is 10.0 Å². The molecule has 1 aromatic carbocycles. The van der Waals surface area contributed by atoms with Gasteiger partial charge in [-0.1, -0.05) is 12.8 Å². The lowest BCUT2D eigenvalue weighted by Gasteiger charge is -2.31. The summed E-state index contributed by atoms with van der Waals surface area (Å²) in [5, 5.41) is 2.98. The fourth-order valence-electron chi connectivity index (χ4n) is 3.66. The number of halogens is 1. The molecular formula is C17H24ClN3O4S. The van der Waals surface area contributed by atoms with Crippen molar-refractivity contribution < 1.29 is 18.0 Å². The topological polar surface area (TPSA) is 110 Å². The minimum Gasteiger partial charge on any atom is -0.349 e. The van der Waals surface area contributed by atoms with E-state index < -0.39 is 15.9 Å². The Labute approximate surface area is 159 Å². The molecule has 26 heavy (non-hydrogen) atoms. The van der Waals surface area contributed by atoms with Crippen molar-refractivity contribution in [3.05, 3.63) is 29.3 Å². The maximum atomic E-state index is 12.6. The molecule has 9 heteroatoms. The molecule has 3 rings (SSSR count). The summed E-state index contributed by atoms with van der Waals surface area (Å²) in [5.74, 6) is -0.626. The van der Waals surface area contributed by atoms with Crippen molar-refractivity contribution in [2.75, 3.05) is 13.1 Å². The van der Waals surface area contributed by atoms with Crippen molar-refractivity contribution >= 4 is 34.2 Å². The zero-order valence-electron chi connectivity index (χ0n) is 14.6. The first-order valence-corrected chi connectivity index (χ1v) is 10.1. The van der Waals surface area contributed by atoms with Crippen molar-refractivity contribution in [1.82, 2.24) is 9.62 Å². The van der Waals surface area contributed by atoms with Crippen LogP contribution in [0.4, 0.5) is 0 Å². The van der Waals surface area contributed by atoms with Crippen LogP contribution in [0.15, 0.2) is 23.1 Å². The first-order chi connectivity index (χ1) is 11.9. The third-order valence-corrected chi connectivity index (χ3v) is 6.98. The third-order valence-electron chi connectivity index (χ3n) is 5.08. The average molecular weight is 402 g/mol. The van der Waals surface area contributed by atoms with Gasteiger partial charge >= 0.3 is 0 Å². The third kappa shape index (κ3) is 3.45. The molecule has 0 saturated heterocycles. The van der Waals surface area contributed by atoms with E-state index in [9.17, 15) is 18.0 Å². The van der Waals surface area contributed by atoms with E-state index in [1.54, 1.807) is 6.92 Å². The zero-order chi connectivity index (χ0) is 18.2. The average Bonchev–Trinajstić information content (AvgIpc) is 2.80. The van der Waals surface area contributed by atoms with Crippen LogP contribution in [0.25, 0.3) is 0 Å². The summed E-state index contributed by atoms with van der Waals surface area (Å²) in [6.07, 6.45) is 4.01. The summed E-state index contributed by atoms with van der Waals surface area (Å²) < 4.78 is 25.7. The van der Waals surface area contributed by atoms with Crippen LogP contribution >= 0.6 is 12.4 Å². The van der Waals surface area contributed by atoms with E-state index in [0.29, 0.717) is 6.54 Å². The smallest absolute Gasteiger partial charge is 0.268 e. The van der Waals surface area contributed by atoms with Gasteiger partial charge in [-0.3, -0.25) is 9.59 Å². The van der Waals surface area contributed by atoms with Gasteiger partial charge < -0.3 is 11.1 Å². The van der Waals surface area contributed by atoms with E-state index >= 15 is 0 Å². The molecule has 7 nitrogen and oxygen atoms in total. The molecule has 2 amide bonds. The molecule has 0 bridgehead atoms. The second kappa shape index (κ2) is 7.94. The van der Waals surface area contributed by atoms with Gasteiger partial charge in [-0.2, -0.15) is 0 Å². The fraction of sp³-hybridized carbons (Fsp3) is 0.529. The number of carbonyl (C=O) groups excluding carboxylic acids is 2. The summed E-state index contributed by atoms with van der Waals surface area (Å²) in [6, 6.07) is 4.22. The molecule has 1 fully saturated rings. The molecular weight excluding hydrogens is 378 g/mol. The quantitative estimate of drug-likeness (QED) is 0.794. The number of sulfonamides is 1. The standard InChI is InChI=1S/C17H23N3O4S.ClH/c1-2-20-17(22)13-8-7-11(9-15(13)25(20,23)24)16(21)19-14-6-4-3-5-12(14)10-18;/h7-9,12,14H,2-6,10,18H2,1H3,(H,19,21);1H. The Morgan fingerprint density at radius 1 is 1.31 bits per heavy atom. The van der Waals surface area contributed by atoms with Crippen molar-refractivity contribution in [3.8, 4) is 0 Å². The number of amides is 2. The Bertz CT molecular complexity index is 812. The largest absolute Gasteiger partial charge is 0.349 e. The molecule has 1 aliphatic heterocycles. The molecule has 2 unspecified atom stereocenters.